The van der Waals surface area contributed by atoms with E-state index in [-0.39, 0.29) is 11.5 Å². The van der Waals surface area contributed by atoms with Gasteiger partial charge in [0.05, 0.1) is 0 Å². The Balaban J connectivity index is 1.93. The number of hydrogen-bond acceptors (Lipinski definition) is 4. The number of phenols is 3. The average molecular weight is 713 g/mol. The van der Waals surface area contributed by atoms with Gasteiger partial charge in [-0.05, 0) is 0 Å². The van der Waals surface area contributed by atoms with Crippen molar-refractivity contribution in [2.75, 3.05) is 24.6 Å². The van der Waals surface area contributed by atoms with E-state index >= 15 is 0 Å². The van der Waals surface area contributed by atoms with E-state index in [4.69, 9.17) is 4.52 Å². The van der Waals surface area contributed by atoms with Crippen LogP contribution in [0.1, 0.15) is 129 Å². The van der Waals surface area contributed by atoms with Gasteiger partial charge in [0.1, 0.15) is 0 Å². The van der Waals surface area contributed by atoms with Gasteiger partial charge >= 0.3 is 310 Å². The molecule has 5 heteroatoms. The summed E-state index contributed by atoms with van der Waals surface area (Å²) in [6.07, 6.45) is 15.4. The molecule has 0 fully saturated rings. The molecule has 3 N–H and O–H groups in total. The Labute approximate surface area is 309 Å². The molecule has 4 rings (SSSR count). The molecule has 0 aliphatic carbocycles. The van der Waals surface area contributed by atoms with E-state index in [0.29, 0.717) is 25.0 Å². The molecule has 0 spiro atoms. The van der Waals surface area contributed by atoms with Crippen LogP contribution >= 0.6 is 6.83 Å². The normalized spacial score (nSPS) is 12.5. The summed E-state index contributed by atoms with van der Waals surface area (Å²) in [6, 6.07) is 22.1. The molecule has 0 radical (unpaired) electrons. The monoisotopic (exact) mass is 712 g/mol. The number of para-hydroxylation sites is 1. The number of phenolic OH excluding ortho intramolecular Hbond substituents is 3. The fourth-order valence-electron chi connectivity index (χ4n) is 7.91. The Kier molecular flexibility index (Phi) is 14.5. The molecule has 0 amide bonds. The zero-order valence-corrected chi connectivity index (χ0v) is 33.5. The van der Waals surface area contributed by atoms with E-state index in [0.717, 1.165) is 106 Å². The van der Waals surface area contributed by atoms with E-state index in [1.807, 2.05) is 31.2 Å². The van der Waals surface area contributed by atoms with Crippen LogP contribution in [0, 0.1) is 20.8 Å². The Morgan fingerprint density at radius 1 is 0.471 bits per heavy atom. The van der Waals surface area contributed by atoms with Gasteiger partial charge in [0, 0.05) is 0 Å². The number of aromatic hydroxyl groups is 3. The molecule has 51 heavy (non-hydrogen) atoms. The fraction of sp³-hybridized carbons (Fsp3) is 0.478. The molecule has 278 valence electrons. The zero-order valence-electron chi connectivity index (χ0n) is 32.7. The first-order chi connectivity index (χ1) is 24.4. The van der Waals surface area contributed by atoms with Crippen LogP contribution in [0.3, 0.4) is 0 Å². The van der Waals surface area contributed by atoms with Gasteiger partial charge < -0.3 is 0 Å². The van der Waals surface area contributed by atoms with Crippen LogP contribution in [0.15, 0.2) is 66.7 Å². The Hall–Kier alpha value is -3.49. The minimum atomic E-state index is -2.76. The molecule has 0 atom stereocenters. The summed E-state index contributed by atoms with van der Waals surface area (Å²) in [5.41, 5.74) is 8.83. The molecule has 0 saturated carbocycles. The fourth-order valence-corrected chi connectivity index (χ4v) is 14.8. The van der Waals surface area contributed by atoms with Gasteiger partial charge in [-0.3, -0.25) is 0 Å². The van der Waals surface area contributed by atoms with Crippen LogP contribution in [0.5, 0.6) is 23.0 Å². The summed E-state index contributed by atoms with van der Waals surface area (Å²) in [6.45, 7) is 12.6. The molecule has 4 nitrogen and oxygen atoms in total. The van der Waals surface area contributed by atoms with E-state index in [9.17, 15) is 15.3 Å². The first-order valence-corrected chi connectivity index (χ1v) is 22.5. The van der Waals surface area contributed by atoms with E-state index in [1.54, 1.807) is 12.1 Å². The number of aryl methyl sites for hydroxylation is 3. The van der Waals surface area contributed by atoms with Crippen LogP contribution in [-0.4, -0.2) is 40.0 Å². The average Bonchev–Trinajstić information content (AvgIpc) is 3.11. The van der Waals surface area contributed by atoms with Crippen molar-refractivity contribution in [3.63, 3.8) is 0 Å². The summed E-state index contributed by atoms with van der Waals surface area (Å²) in [5, 5.41) is 33.5. The molecule has 4 aromatic rings. The van der Waals surface area contributed by atoms with Crippen LogP contribution in [-0.2, 0) is 19.3 Å². The Bertz CT molecular complexity index is 1700. The maximum absolute atomic E-state index is 11.9. The summed E-state index contributed by atoms with van der Waals surface area (Å²) in [7, 11) is 0. The van der Waals surface area contributed by atoms with Crippen LogP contribution in [0.25, 0.3) is 0 Å². The zero-order chi connectivity index (χ0) is 37.0. The first-order valence-electron chi connectivity index (χ1n) is 19.6. The van der Waals surface area contributed by atoms with Gasteiger partial charge in [-0.2, -0.15) is 0 Å². The predicted molar refractivity (Wildman–Crippen MR) is 220 cm³/mol. The molecule has 0 unspecified atom stereocenters. The third-order valence-corrected chi connectivity index (χ3v) is 17.4. The van der Waals surface area contributed by atoms with Gasteiger partial charge in [0.15, 0.2) is 0 Å². The molecule has 0 heterocycles. The summed E-state index contributed by atoms with van der Waals surface area (Å²) < 4.78 is 8.03. The van der Waals surface area contributed by atoms with Crippen molar-refractivity contribution in [1.82, 2.24) is 0 Å². The summed E-state index contributed by atoms with van der Waals surface area (Å²) in [4.78, 5) is 0. The third kappa shape index (κ3) is 10.3. The molecule has 0 bridgehead atoms. The Morgan fingerprint density at radius 3 is 1.25 bits per heavy atom. The number of benzene rings is 4. The molecular formula is C46H65O4P. The van der Waals surface area contributed by atoms with Gasteiger partial charge in [0.2, 0.25) is 0 Å². The second-order valence-corrected chi connectivity index (χ2v) is 21.1. The van der Waals surface area contributed by atoms with Crippen molar-refractivity contribution < 1.29 is 19.8 Å². The first kappa shape index (κ1) is 40.3. The quantitative estimate of drug-likeness (QED) is 0.0798. The van der Waals surface area contributed by atoms with Crippen LogP contribution < -0.4 is 4.52 Å². The van der Waals surface area contributed by atoms with Gasteiger partial charge in [-0.25, -0.2) is 0 Å². The van der Waals surface area contributed by atoms with Gasteiger partial charge in [-0.15, -0.1) is 0 Å². The minimum absolute atomic E-state index is 0.246. The van der Waals surface area contributed by atoms with Gasteiger partial charge in [0.25, 0.3) is 0 Å². The SMILES string of the molecule is CCCCP(CCCC)(CCCC)(CCCC)Oc1c(Cc2cc(C)ccc2O)cccc1Cc1cc(C)cc(Cc2cc(C)ccc2O)c1O. The van der Waals surface area contributed by atoms with E-state index in [1.165, 1.54) is 25.7 Å². The molecule has 0 saturated heterocycles. The van der Waals surface area contributed by atoms with E-state index < -0.39 is 6.83 Å². The maximum atomic E-state index is 11.9. The molecule has 0 aliphatic heterocycles. The molecule has 0 aliphatic rings. The predicted octanol–water partition coefficient (Wildman–Crippen LogP) is 12.5. The van der Waals surface area contributed by atoms with Crippen molar-refractivity contribution in [2.45, 2.75) is 119 Å². The van der Waals surface area contributed by atoms with Crippen LogP contribution in [0.2, 0.25) is 0 Å². The molecule has 0 aromatic heterocycles. The molecular weight excluding hydrogens is 647 g/mol. The van der Waals surface area contributed by atoms with Crippen molar-refractivity contribution in [3.8, 4) is 23.0 Å². The second kappa shape index (κ2) is 18.3. The summed E-state index contributed by atoms with van der Waals surface area (Å²) >= 11 is 0. The number of rotatable bonds is 20. The van der Waals surface area contributed by atoms with Crippen molar-refractivity contribution in [1.29, 1.82) is 0 Å². The number of hydrogen-bond donors (Lipinski definition) is 3. The van der Waals surface area contributed by atoms with Crippen molar-refractivity contribution in [3.05, 3.63) is 117 Å². The summed E-state index contributed by atoms with van der Waals surface area (Å²) in [5.74, 6) is 1.80. The Morgan fingerprint density at radius 2 is 0.843 bits per heavy atom. The standard InChI is InChI=1S/C46H65O4P/c1-8-12-23-51(24-13-9-2,25-14-10-3,26-15-11-4)50-46-37(31-39-27-34(5)19-21-43(39)47)17-16-18-38(46)32-41-29-36(7)30-42(45(41)49)33-40-28-35(6)20-22-44(40)48/h16-22,27-30,47-49H,8-15,23-26,31-33H2,1-7H3. The topological polar surface area (TPSA) is 69.9 Å². The van der Waals surface area contributed by atoms with Crippen molar-refractivity contribution in [2.24, 2.45) is 0 Å². The van der Waals surface area contributed by atoms with Crippen LogP contribution in [0.4, 0.5) is 0 Å². The van der Waals surface area contributed by atoms with Gasteiger partial charge in [-0.1, -0.05) is 0 Å². The molecule has 4 aromatic carbocycles. The number of unbranched alkanes of at least 4 members (excludes halogenated alkanes) is 4. The van der Waals surface area contributed by atoms with Crippen molar-refractivity contribution >= 4 is 6.83 Å². The second-order valence-electron chi connectivity index (χ2n) is 15.4. The van der Waals surface area contributed by atoms with E-state index in [2.05, 4.69) is 71.9 Å². The third-order valence-electron chi connectivity index (χ3n) is 10.9.